The number of benzene rings is 1. The van der Waals surface area contributed by atoms with Crippen LogP contribution in [0.3, 0.4) is 0 Å². The largest absolute Gasteiger partial charge is 0.488 e. The van der Waals surface area contributed by atoms with Crippen LogP contribution < -0.4 is 4.74 Å². The van der Waals surface area contributed by atoms with E-state index in [1.54, 1.807) is 0 Å². The van der Waals surface area contributed by atoms with Gasteiger partial charge in [0.1, 0.15) is 11.4 Å². The minimum atomic E-state index is -0.119. The van der Waals surface area contributed by atoms with Crippen molar-refractivity contribution in [1.82, 2.24) is 0 Å². The predicted molar refractivity (Wildman–Crippen MR) is 74.1 cm³/mol. The van der Waals surface area contributed by atoms with Gasteiger partial charge in [0.15, 0.2) is 0 Å². The van der Waals surface area contributed by atoms with E-state index in [0.717, 1.165) is 10.2 Å². The fourth-order valence-electron chi connectivity index (χ4n) is 1.33. The second-order valence-corrected chi connectivity index (χ2v) is 5.72. The summed E-state index contributed by atoms with van der Waals surface area (Å²) >= 11 is 2.42. The molecule has 0 N–H and O–H groups in total. The Bertz CT molecular complexity index is 315. The second-order valence-electron chi connectivity index (χ2n) is 4.84. The van der Waals surface area contributed by atoms with Crippen LogP contribution in [0.1, 0.15) is 39.2 Å². The van der Waals surface area contributed by atoms with Crippen LogP contribution in [-0.2, 0) is 0 Å². The Hall–Kier alpha value is -0.250. The highest BCUT2D eigenvalue weighted by Crippen LogP contribution is 2.24. The van der Waals surface area contributed by atoms with E-state index in [1.165, 1.54) is 5.56 Å². The molecule has 15 heavy (non-hydrogen) atoms. The lowest BCUT2D eigenvalue weighted by Gasteiger charge is -2.22. The summed E-state index contributed by atoms with van der Waals surface area (Å²) in [6.07, 6.45) is 0. The highest BCUT2D eigenvalue weighted by Gasteiger charge is 2.12. The maximum absolute atomic E-state index is 5.83. The van der Waals surface area contributed by atoms with Crippen LogP contribution >= 0.6 is 22.6 Å². The fourth-order valence-corrected chi connectivity index (χ4v) is 1.84. The first-order chi connectivity index (χ1) is 6.92. The zero-order valence-electron chi connectivity index (χ0n) is 9.88. The van der Waals surface area contributed by atoms with Gasteiger partial charge in [-0.25, -0.2) is 0 Å². The maximum atomic E-state index is 5.83. The third-order valence-electron chi connectivity index (χ3n) is 2.08. The number of hydrogen-bond donors (Lipinski definition) is 0. The first-order valence-corrected chi connectivity index (χ1v) is 6.80. The molecule has 0 aliphatic heterocycles. The average molecular weight is 318 g/mol. The lowest BCUT2D eigenvalue weighted by atomic mass is 10.0. The Balaban J connectivity index is 2.83. The minimum Gasteiger partial charge on any atom is -0.488 e. The molecule has 0 saturated heterocycles. The third-order valence-corrected chi connectivity index (χ3v) is 3.40. The van der Waals surface area contributed by atoms with E-state index < -0.39 is 0 Å². The monoisotopic (exact) mass is 318 g/mol. The first-order valence-electron chi connectivity index (χ1n) is 5.27. The van der Waals surface area contributed by atoms with Crippen molar-refractivity contribution in [3.05, 3.63) is 29.8 Å². The van der Waals surface area contributed by atoms with Crippen molar-refractivity contribution in [1.29, 1.82) is 0 Å². The van der Waals surface area contributed by atoms with Gasteiger partial charge in [-0.05, 0) is 44.4 Å². The smallest absolute Gasteiger partial charge is 0.120 e. The lowest BCUT2D eigenvalue weighted by molar-refractivity contribution is 0.131. The summed E-state index contributed by atoms with van der Waals surface area (Å²) in [7, 11) is 0. The SMILES string of the molecule is CC(CI)c1cccc(OC(C)(C)C)c1. The van der Waals surface area contributed by atoms with Crippen LogP contribution in [0.5, 0.6) is 5.75 Å². The normalized spacial score (nSPS) is 13.7. The lowest BCUT2D eigenvalue weighted by Crippen LogP contribution is -2.23. The zero-order valence-corrected chi connectivity index (χ0v) is 12.0. The Kier molecular flexibility index (Phi) is 4.44. The molecule has 0 aliphatic rings. The molecule has 0 aliphatic carbocycles. The maximum Gasteiger partial charge on any atom is 0.120 e. The summed E-state index contributed by atoms with van der Waals surface area (Å²) in [4.78, 5) is 0. The van der Waals surface area contributed by atoms with E-state index in [2.05, 4.69) is 68.5 Å². The van der Waals surface area contributed by atoms with E-state index in [-0.39, 0.29) is 5.60 Å². The van der Waals surface area contributed by atoms with Gasteiger partial charge in [-0.3, -0.25) is 0 Å². The molecule has 1 nitrogen and oxygen atoms in total. The van der Waals surface area contributed by atoms with Crippen molar-refractivity contribution in [2.45, 2.75) is 39.2 Å². The van der Waals surface area contributed by atoms with Crippen molar-refractivity contribution in [2.24, 2.45) is 0 Å². The van der Waals surface area contributed by atoms with Gasteiger partial charge in [-0.1, -0.05) is 41.6 Å². The van der Waals surface area contributed by atoms with Crippen LogP contribution in [0.4, 0.5) is 0 Å². The van der Waals surface area contributed by atoms with Gasteiger partial charge in [-0.2, -0.15) is 0 Å². The molecule has 0 bridgehead atoms. The number of alkyl halides is 1. The van der Waals surface area contributed by atoms with Crippen molar-refractivity contribution < 1.29 is 4.74 Å². The Morgan fingerprint density at radius 2 is 2.00 bits per heavy atom. The molecule has 0 aromatic heterocycles. The third kappa shape index (κ3) is 4.41. The van der Waals surface area contributed by atoms with E-state index >= 15 is 0 Å². The molecule has 0 heterocycles. The molecule has 1 aromatic carbocycles. The van der Waals surface area contributed by atoms with E-state index in [9.17, 15) is 0 Å². The Morgan fingerprint density at radius 1 is 1.33 bits per heavy atom. The highest BCUT2D eigenvalue weighted by atomic mass is 127. The van der Waals surface area contributed by atoms with Gasteiger partial charge in [0, 0.05) is 4.43 Å². The van der Waals surface area contributed by atoms with Crippen LogP contribution in [0.15, 0.2) is 24.3 Å². The summed E-state index contributed by atoms with van der Waals surface area (Å²) in [5.74, 6) is 1.56. The molecule has 1 rings (SSSR count). The van der Waals surface area contributed by atoms with Crippen molar-refractivity contribution in [2.75, 3.05) is 4.43 Å². The number of hydrogen-bond acceptors (Lipinski definition) is 1. The molecule has 2 heteroatoms. The second kappa shape index (κ2) is 5.19. The van der Waals surface area contributed by atoms with Gasteiger partial charge >= 0.3 is 0 Å². The van der Waals surface area contributed by atoms with Gasteiger partial charge in [0.2, 0.25) is 0 Å². The Morgan fingerprint density at radius 3 is 2.53 bits per heavy atom. The van der Waals surface area contributed by atoms with Crippen LogP contribution in [0, 0.1) is 0 Å². The number of ether oxygens (including phenoxy) is 1. The van der Waals surface area contributed by atoms with Gasteiger partial charge in [-0.15, -0.1) is 0 Å². The molecule has 0 radical (unpaired) electrons. The van der Waals surface area contributed by atoms with Crippen LogP contribution in [-0.4, -0.2) is 10.0 Å². The number of rotatable bonds is 3. The summed E-state index contributed by atoms with van der Waals surface area (Å²) < 4.78 is 6.97. The highest BCUT2D eigenvalue weighted by molar-refractivity contribution is 14.1. The summed E-state index contributed by atoms with van der Waals surface area (Å²) in [5.41, 5.74) is 1.23. The minimum absolute atomic E-state index is 0.119. The average Bonchev–Trinajstić information content (AvgIpc) is 2.14. The summed E-state index contributed by atoms with van der Waals surface area (Å²) in [6.45, 7) is 8.45. The van der Waals surface area contributed by atoms with Gasteiger partial charge < -0.3 is 4.74 Å². The number of halogens is 1. The van der Waals surface area contributed by atoms with E-state index in [1.807, 2.05) is 6.07 Å². The summed E-state index contributed by atoms with van der Waals surface area (Å²) in [6, 6.07) is 8.40. The van der Waals surface area contributed by atoms with Gasteiger partial charge in [0.25, 0.3) is 0 Å². The fraction of sp³-hybridized carbons (Fsp3) is 0.538. The molecule has 1 aromatic rings. The van der Waals surface area contributed by atoms with Crippen LogP contribution in [0.25, 0.3) is 0 Å². The molecule has 0 amide bonds. The quantitative estimate of drug-likeness (QED) is 0.593. The molecule has 1 atom stereocenters. The van der Waals surface area contributed by atoms with Crippen molar-refractivity contribution >= 4 is 22.6 Å². The predicted octanol–water partition coefficient (Wildman–Crippen LogP) is 4.40. The molecular formula is C13H19IO. The van der Waals surface area contributed by atoms with E-state index in [4.69, 9.17) is 4.74 Å². The van der Waals surface area contributed by atoms with Crippen molar-refractivity contribution in [3.63, 3.8) is 0 Å². The molecule has 84 valence electrons. The Labute approximate surface area is 106 Å². The van der Waals surface area contributed by atoms with Gasteiger partial charge in [0.05, 0.1) is 0 Å². The van der Waals surface area contributed by atoms with Crippen molar-refractivity contribution in [3.8, 4) is 5.75 Å². The standard InChI is InChI=1S/C13H19IO/c1-10(9-14)11-6-5-7-12(8-11)15-13(2,3)4/h5-8,10H,9H2,1-4H3. The molecule has 0 fully saturated rings. The summed E-state index contributed by atoms with van der Waals surface area (Å²) in [5, 5.41) is 0. The molecule has 1 unspecified atom stereocenters. The van der Waals surface area contributed by atoms with E-state index in [0.29, 0.717) is 5.92 Å². The topological polar surface area (TPSA) is 9.23 Å². The first kappa shape index (κ1) is 12.8. The molecule has 0 spiro atoms. The molecule has 0 saturated carbocycles. The molecular weight excluding hydrogens is 299 g/mol. The van der Waals surface area contributed by atoms with Crippen LogP contribution in [0.2, 0.25) is 0 Å². The zero-order chi connectivity index (χ0) is 11.5.